The van der Waals surface area contributed by atoms with E-state index in [0.29, 0.717) is 6.92 Å². The predicted molar refractivity (Wildman–Crippen MR) is 64.7 cm³/mol. The van der Waals surface area contributed by atoms with Crippen molar-refractivity contribution in [1.82, 2.24) is 0 Å². The second kappa shape index (κ2) is 4.65. The Hall–Kier alpha value is -2.19. The molecule has 0 aliphatic heterocycles. The summed E-state index contributed by atoms with van der Waals surface area (Å²) in [5.41, 5.74) is -8.41. The fourth-order valence-electron chi connectivity index (χ4n) is 2.35. The molecular formula is C13H10F5NO3. The normalized spacial score (nSPS) is 36.8. The first-order valence-electron chi connectivity index (χ1n) is 6.02. The van der Waals surface area contributed by atoms with Crippen LogP contribution in [0.4, 0.5) is 22.0 Å². The van der Waals surface area contributed by atoms with Gasteiger partial charge in [-0.1, -0.05) is 30.3 Å². The molecule has 0 amide bonds. The zero-order chi connectivity index (χ0) is 16.8. The number of nitrogens with zero attached hydrogens (tertiary/aromatic N) is 1. The van der Waals surface area contributed by atoms with Crippen molar-refractivity contribution >= 4 is 0 Å². The molecule has 3 atom stereocenters. The molecule has 0 bridgehead atoms. The van der Waals surface area contributed by atoms with E-state index in [1.165, 1.54) is 6.07 Å². The van der Waals surface area contributed by atoms with E-state index in [9.17, 15) is 27.7 Å². The van der Waals surface area contributed by atoms with Gasteiger partial charge in [-0.2, -0.15) is 8.78 Å². The number of alkyl halides is 5. The maximum absolute atomic E-state index is 15.1. The van der Waals surface area contributed by atoms with Crippen molar-refractivity contribution in [2.75, 3.05) is 0 Å². The van der Waals surface area contributed by atoms with E-state index in [1.807, 2.05) is 0 Å². The van der Waals surface area contributed by atoms with E-state index in [0.717, 1.165) is 24.3 Å². The summed E-state index contributed by atoms with van der Waals surface area (Å²) in [5.74, 6) is -9.64. The minimum atomic E-state index is -5.20. The van der Waals surface area contributed by atoms with Crippen LogP contribution in [0.2, 0.25) is 0 Å². The lowest BCUT2D eigenvalue weighted by atomic mass is 9.70. The zero-order valence-electron chi connectivity index (χ0n) is 11.1. The molecule has 1 aliphatic rings. The van der Waals surface area contributed by atoms with Crippen LogP contribution in [0.15, 0.2) is 42.5 Å². The van der Waals surface area contributed by atoms with Crippen molar-refractivity contribution < 1.29 is 31.9 Å². The first kappa shape index (κ1) is 16.2. The molecule has 2 rings (SSSR count). The third kappa shape index (κ3) is 1.95. The van der Waals surface area contributed by atoms with Crippen LogP contribution in [0.3, 0.4) is 0 Å². The molecule has 3 unspecified atom stereocenters. The van der Waals surface area contributed by atoms with Gasteiger partial charge in [0.05, 0.1) is 0 Å². The molecule has 22 heavy (non-hydrogen) atoms. The van der Waals surface area contributed by atoms with Crippen molar-refractivity contribution in [3.8, 4) is 0 Å². The summed E-state index contributed by atoms with van der Waals surface area (Å²) in [6, 6.07) is 5.31. The Balaban J connectivity index is 2.71. The van der Waals surface area contributed by atoms with Crippen LogP contribution in [0.5, 0.6) is 0 Å². The minimum absolute atomic E-state index is 0.154. The van der Waals surface area contributed by atoms with Gasteiger partial charge in [0.25, 0.3) is 5.09 Å². The zero-order valence-corrected chi connectivity index (χ0v) is 11.1. The molecule has 120 valence electrons. The first-order chi connectivity index (χ1) is 9.98. The lowest BCUT2D eigenvalue weighted by molar-refractivity contribution is -0.795. The van der Waals surface area contributed by atoms with Crippen molar-refractivity contribution in [3.05, 3.63) is 58.2 Å². The number of rotatable bonds is 3. The minimum Gasteiger partial charge on any atom is -0.262 e. The quantitative estimate of drug-likeness (QED) is 0.369. The Kier molecular flexibility index (Phi) is 3.42. The molecule has 0 fully saturated rings. The molecule has 1 aromatic carbocycles. The van der Waals surface area contributed by atoms with Crippen LogP contribution in [-0.4, -0.2) is 22.5 Å². The van der Waals surface area contributed by atoms with Crippen LogP contribution in [0.1, 0.15) is 12.5 Å². The average molecular weight is 323 g/mol. The van der Waals surface area contributed by atoms with Crippen molar-refractivity contribution in [1.29, 1.82) is 0 Å². The van der Waals surface area contributed by atoms with Crippen molar-refractivity contribution in [2.45, 2.75) is 30.0 Å². The van der Waals surface area contributed by atoms with E-state index in [2.05, 4.69) is 4.84 Å². The second-order valence-electron chi connectivity index (χ2n) is 4.97. The third-order valence-corrected chi connectivity index (χ3v) is 3.52. The number of hydrogen-bond acceptors (Lipinski definition) is 3. The highest BCUT2D eigenvalue weighted by molar-refractivity contribution is 5.38. The van der Waals surface area contributed by atoms with Gasteiger partial charge in [0.2, 0.25) is 5.67 Å². The smallest absolute Gasteiger partial charge is 0.262 e. The van der Waals surface area contributed by atoms with Crippen LogP contribution in [-0.2, 0) is 10.5 Å². The Bertz CT molecular complexity index is 621. The summed E-state index contributed by atoms with van der Waals surface area (Å²) in [7, 11) is 0. The SMILES string of the molecule is CC1(F)C=CC(F)(O[N+](=O)[O-])C(F)(F)C1(F)c1ccccc1. The monoisotopic (exact) mass is 323 g/mol. The van der Waals surface area contributed by atoms with Gasteiger partial charge >= 0.3 is 11.8 Å². The van der Waals surface area contributed by atoms with Crippen LogP contribution in [0, 0.1) is 10.1 Å². The summed E-state index contributed by atoms with van der Waals surface area (Å²) in [4.78, 5) is 13.5. The molecule has 0 radical (unpaired) electrons. The number of halogens is 5. The Labute approximate surface area is 121 Å². The summed E-state index contributed by atoms with van der Waals surface area (Å²) >= 11 is 0. The summed E-state index contributed by atoms with van der Waals surface area (Å²) < 4.78 is 72.5. The molecule has 0 saturated carbocycles. The van der Waals surface area contributed by atoms with E-state index in [1.54, 1.807) is 0 Å². The Morgan fingerprint density at radius 2 is 1.59 bits per heavy atom. The van der Waals surface area contributed by atoms with Gasteiger partial charge in [0, 0.05) is 0 Å². The predicted octanol–water partition coefficient (Wildman–Crippen LogP) is 3.66. The molecule has 1 aliphatic carbocycles. The number of allylic oxidation sites excluding steroid dienone is 1. The Morgan fingerprint density at radius 1 is 1.05 bits per heavy atom. The van der Waals surface area contributed by atoms with Gasteiger partial charge in [-0.3, -0.25) is 4.84 Å². The largest absolute Gasteiger partial charge is 0.350 e. The van der Waals surface area contributed by atoms with Crippen LogP contribution < -0.4 is 0 Å². The van der Waals surface area contributed by atoms with Gasteiger partial charge in [0.15, 0.2) is 5.67 Å². The summed E-state index contributed by atoms with van der Waals surface area (Å²) in [5, 5.41) is 8.40. The fourth-order valence-corrected chi connectivity index (χ4v) is 2.35. The standard InChI is InChI=1S/C13H10F5NO3/c1-10(14)7-8-11(15,22-19(20)21)13(17,18)12(10,16)9-5-3-2-4-6-9/h2-8H,1H3. The van der Waals surface area contributed by atoms with E-state index in [-0.39, 0.29) is 12.2 Å². The maximum Gasteiger partial charge on any atom is 0.350 e. The molecule has 0 N–H and O–H groups in total. The molecule has 0 saturated heterocycles. The lowest BCUT2D eigenvalue weighted by Gasteiger charge is -2.47. The number of hydrogen-bond donors (Lipinski definition) is 0. The average Bonchev–Trinajstić information content (AvgIpc) is 2.43. The van der Waals surface area contributed by atoms with Gasteiger partial charge in [-0.15, -0.1) is 10.1 Å². The maximum atomic E-state index is 15.1. The molecule has 1 aromatic rings. The van der Waals surface area contributed by atoms with E-state index >= 15 is 4.39 Å². The lowest BCUT2D eigenvalue weighted by Crippen LogP contribution is -2.66. The molecule has 0 aromatic heterocycles. The van der Waals surface area contributed by atoms with E-state index < -0.39 is 33.8 Å². The highest BCUT2D eigenvalue weighted by Crippen LogP contribution is 2.59. The topological polar surface area (TPSA) is 52.4 Å². The molecule has 9 heteroatoms. The Morgan fingerprint density at radius 3 is 2.09 bits per heavy atom. The van der Waals surface area contributed by atoms with Gasteiger partial charge < -0.3 is 0 Å². The highest BCUT2D eigenvalue weighted by atomic mass is 19.3. The third-order valence-electron chi connectivity index (χ3n) is 3.52. The van der Waals surface area contributed by atoms with Crippen molar-refractivity contribution in [2.24, 2.45) is 0 Å². The van der Waals surface area contributed by atoms with Gasteiger partial charge in [0.1, 0.15) is 0 Å². The first-order valence-corrected chi connectivity index (χ1v) is 6.02. The van der Waals surface area contributed by atoms with Crippen LogP contribution >= 0.6 is 0 Å². The number of benzene rings is 1. The molecule has 0 spiro atoms. The summed E-state index contributed by atoms with van der Waals surface area (Å²) in [6.45, 7) is 0.482. The van der Waals surface area contributed by atoms with Crippen molar-refractivity contribution in [3.63, 3.8) is 0 Å². The molecule has 0 heterocycles. The molecule has 4 nitrogen and oxygen atoms in total. The van der Waals surface area contributed by atoms with Gasteiger partial charge in [-0.25, -0.2) is 13.2 Å². The second-order valence-corrected chi connectivity index (χ2v) is 4.97. The van der Waals surface area contributed by atoms with Gasteiger partial charge in [-0.05, 0) is 24.6 Å². The highest BCUT2D eigenvalue weighted by Gasteiger charge is 2.79. The van der Waals surface area contributed by atoms with E-state index in [4.69, 9.17) is 0 Å². The van der Waals surface area contributed by atoms with Crippen LogP contribution in [0.25, 0.3) is 0 Å². The molecular weight excluding hydrogens is 313 g/mol. The summed E-state index contributed by atoms with van der Waals surface area (Å²) in [6.07, 6.45) is -0.0303. The fraction of sp³-hybridized carbons (Fsp3) is 0.385.